The van der Waals surface area contributed by atoms with Gasteiger partial charge in [0.2, 0.25) is 0 Å². The van der Waals surface area contributed by atoms with Crippen molar-refractivity contribution < 1.29 is 18.7 Å². The normalized spacial score (nSPS) is 11.7. The van der Waals surface area contributed by atoms with Gasteiger partial charge in [-0.15, -0.1) is 0 Å². The number of nitrogens with one attached hydrogen (secondary N) is 1. The molecule has 0 radical (unpaired) electrons. The molecular weight excluding hydrogens is 412 g/mol. The van der Waals surface area contributed by atoms with Crippen molar-refractivity contribution >= 4 is 46.8 Å². The number of carbonyl (C=O) groups excluding carboxylic acids is 2. The van der Waals surface area contributed by atoms with Crippen molar-refractivity contribution in [3.63, 3.8) is 0 Å². The molecule has 144 valence electrons. The lowest BCUT2D eigenvalue weighted by Crippen LogP contribution is -2.42. The fourth-order valence-corrected chi connectivity index (χ4v) is 3.24. The summed E-state index contributed by atoms with van der Waals surface area (Å²) in [5.41, 5.74) is 0.743. The van der Waals surface area contributed by atoms with Crippen LogP contribution in [-0.4, -0.2) is 29.9 Å². The third-order valence-electron chi connectivity index (χ3n) is 3.65. The molecule has 0 aromatic heterocycles. The number of carbonyl (C=O) groups is 2. The Balaban J connectivity index is 2.04. The molecule has 0 heterocycles. The van der Waals surface area contributed by atoms with Crippen LogP contribution in [0.4, 0.5) is 4.39 Å². The first kappa shape index (κ1) is 21.5. The first-order valence-electron chi connectivity index (χ1n) is 8.06. The van der Waals surface area contributed by atoms with E-state index in [2.05, 4.69) is 5.32 Å². The zero-order valence-corrected chi connectivity index (χ0v) is 16.8. The highest BCUT2D eigenvalue weighted by Gasteiger charge is 2.23. The maximum atomic E-state index is 13.2. The number of benzene rings is 2. The molecule has 2 rings (SSSR count). The highest BCUT2D eigenvalue weighted by Crippen LogP contribution is 2.21. The van der Waals surface area contributed by atoms with E-state index in [-0.39, 0.29) is 17.2 Å². The summed E-state index contributed by atoms with van der Waals surface area (Å²) in [5.74, 6) is -0.848. The molecule has 0 saturated heterocycles. The number of thioether (sulfide) groups is 1. The van der Waals surface area contributed by atoms with Gasteiger partial charge < -0.3 is 10.1 Å². The zero-order chi connectivity index (χ0) is 19.8. The summed E-state index contributed by atoms with van der Waals surface area (Å²) in [6, 6.07) is 9.43. The molecule has 1 unspecified atom stereocenters. The maximum Gasteiger partial charge on any atom is 0.329 e. The van der Waals surface area contributed by atoms with E-state index in [1.54, 1.807) is 12.1 Å². The second-order valence-electron chi connectivity index (χ2n) is 5.67. The smallest absolute Gasteiger partial charge is 0.329 e. The predicted molar refractivity (Wildman–Crippen MR) is 107 cm³/mol. The largest absolute Gasteiger partial charge is 0.459 e. The van der Waals surface area contributed by atoms with Crippen LogP contribution in [0.3, 0.4) is 0 Å². The Morgan fingerprint density at radius 2 is 2.00 bits per heavy atom. The molecule has 0 spiro atoms. The molecule has 1 N–H and O–H groups in total. The van der Waals surface area contributed by atoms with Crippen molar-refractivity contribution in [2.45, 2.75) is 19.1 Å². The van der Waals surface area contributed by atoms with Crippen LogP contribution in [0.15, 0.2) is 42.5 Å². The van der Waals surface area contributed by atoms with Gasteiger partial charge in [0, 0.05) is 5.02 Å². The van der Waals surface area contributed by atoms with Gasteiger partial charge in [-0.3, -0.25) is 4.79 Å². The van der Waals surface area contributed by atoms with Crippen LogP contribution < -0.4 is 5.32 Å². The summed E-state index contributed by atoms with van der Waals surface area (Å²) in [7, 11) is 0. The van der Waals surface area contributed by atoms with Gasteiger partial charge in [0.25, 0.3) is 5.91 Å². The van der Waals surface area contributed by atoms with E-state index in [0.717, 1.165) is 0 Å². The van der Waals surface area contributed by atoms with Crippen LogP contribution in [-0.2, 0) is 16.1 Å². The van der Waals surface area contributed by atoms with E-state index in [1.165, 1.54) is 42.1 Å². The molecule has 0 aliphatic heterocycles. The van der Waals surface area contributed by atoms with Gasteiger partial charge in [-0.25, -0.2) is 9.18 Å². The van der Waals surface area contributed by atoms with E-state index < -0.39 is 23.7 Å². The van der Waals surface area contributed by atoms with E-state index >= 15 is 0 Å². The molecule has 0 aliphatic carbocycles. The molecule has 2 aromatic rings. The Labute approximate surface area is 171 Å². The van der Waals surface area contributed by atoms with Gasteiger partial charge in [0.1, 0.15) is 18.5 Å². The molecule has 0 bridgehead atoms. The van der Waals surface area contributed by atoms with Gasteiger partial charge in [-0.05, 0) is 54.3 Å². The van der Waals surface area contributed by atoms with E-state index in [0.29, 0.717) is 22.8 Å². The standard InChI is InChI=1S/C19H18Cl2FNO3S/c1-27-8-7-17(19(25)26-11-12-3-2-4-14(22)9-12)23-18(24)15-6-5-13(20)10-16(15)21/h2-6,9-10,17H,7-8,11H2,1H3,(H,23,24). The lowest BCUT2D eigenvalue weighted by atomic mass is 10.1. The molecule has 8 heteroatoms. The number of esters is 1. The minimum Gasteiger partial charge on any atom is -0.459 e. The van der Waals surface area contributed by atoms with Gasteiger partial charge in [-0.2, -0.15) is 11.8 Å². The van der Waals surface area contributed by atoms with Crippen LogP contribution in [0.1, 0.15) is 22.3 Å². The van der Waals surface area contributed by atoms with Crippen molar-refractivity contribution in [2.75, 3.05) is 12.0 Å². The molecule has 0 aliphatic rings. The fourth-order valence-electron chi connectivity index (χ4n) is 2.28. The first-order chi connectivity index (χ1) is 12.9. The van der Waals surface area contributed by atoms with Crippen molar-refractivity contribution in [3.8, 4) is 0 Å². The highest BCUT2D eigenvalue weighted by atomic mass is 35.5. The molecule has 0 fully saturated rings. The highest BCUT2D eigenvalue weighted by molar-refractivity contribution is 7.98. The fraction of sp³-hybridized carbons (Fsp3) is 0.263. The first-order valence-corrected chi connectivity index (χ1v) is 10.2. The van der Waals surface area contributed by atoms with Crippen LogP contribution in [0.25, 0.3) is 0 Å². The lowest BCUT2D eigenvalue weighted by molar-refractivity contribution is -0.147. The molecular formula is C19H18Cl2FNO3S. The third-order valence-corrected chi connectivity index (χ3v) is 4.84. The molecule has 1 amide bonds. The molecule has 4 nitrogen and oxygen atoms in total. The van der Waals surface area contributed by atoms with Crippen LogP contribution in [0.2, 0.25) is 10.0 Å². The Kier molecular flexibility index (Phi) is 8.41. The number of hydrogen-bond donors (Lipinski definition) is 1. The minimum absolute atomic E-state index is 0.0794. The quantitative estimate of drug-likeness (QED) is 0.616. The van der Waals surface area contributed by atoms with E-state index in [4.69, 9.17) is 27.9 Å². The van der Waals surface area contributed by atoms with Gasteiger partial charge in [-0.1, -0.05) is 35.3 Å². The summed E-state index contributed by atoms with van der Waals surface area (Å²) in [6.45, 7) is -0.0794. The molecule has 2 aromatic carbocycles. The minimum atomic E-state index is -0.842. The third kappa shape index (κ3) is 6.72. The molecule has 0 saturated carbocycles. The van der Waals surface area contributed by atoms with Crippen LogP contribution >= 0.6 is 35.0 Å². The monoisotopic (exact) mass is 429 g/mol. The van der Waals surface area contributed by atoms with Crippen LogP contribution in [0.5, 0.6) is 0 Å². The Hall–Kier alpha value is -1.76. The van der Waals surface area contributed by atoms with Crippen molar-refractivity contribution in [2.24, 2.45) is 0 Å². The molecule has 27 heavy (non-hydrogen) atoms. The van der Waals surface area contributed by atoms with Crippen LogP contribution in [0, 0.1) is 5.82 Å². The topological polar surface area (TPSA) is 55.4 Å². The number of ether oxygens (including phenoxy) is 1. The predicted octanol–water partition coefficient (Wildman–Crippen LogP) is 4.73. The number of halogens is 3. The van der Waals surface area contributed by atoms with Gasteiger partial charge in [0.15, 0.2) is 0 Å². The average Bonchev–Trinajstić information content (AvgIpc) is 2.63. The van der Waals surface area contributed by atoms with Gasteiger partial charge in [0.05, 0.1) is 10.6 Å². The second-order valence-corrected chi connectivity index (χ2v) is 7.50. The second kappa shape index (κ2) is 10.5. The zero-order valence-electron chi connectivity index (χ0n) is 14.5. The Bertz CT molecular complexity index is 819. The van der Waals surface area contributed by atoms with E-state index in [1.807, 2.05) is 6.26 Å². The number of hydrogen-bond acceptors (Lipinski definition) is 4. The summed E-state index contributed by atoms with van der Waals surface area (Å²) in [5, 5.41) is 3.25. The number of rotatable bonds is 8. The Morgan fingerprint density at radius 3 is 2.67 bits per heavy atom. The molecule has 1 atom stereocenters. The van der Waals surface area contributed by atoms with E-state index in [9.17, 15) is 14.0 Å². The number of amides is 1. The summed E-state index contributed by atoms with van der Waals surface area (Å²) >= 11 is 13.4. The summed E-state index contributed by atoms with van der Waals surface area (Å²) < 4.78 is 18.5. The van der Waals surface area contributed by atoms with Crippen molar-refractivity contribution in [1.82, 2.24) is 5.32 Å². The lowest BCUT2D eigenvalue weighted by Gasteiger charge is -2.18. The Morgan fingerprint density at radius 1 is 1.22 bits per heavy atom. The van der Waals surface area contributed by atoms with Crippen molar-refractivity contribution in [3.05, 3.63) is 69.5 Å². The summed E-state index contributed by atoms with van der Waals surface area (Å²) in [4.78, 5) is 24.9. The SMILES string of the molecule is CSCCC(NC(=O)c1ccc(Cl)cc1Cl)C(=O)OCc1cccc(F)c1. The maximum absolute atomic E-state index is 13.2. The van der Waals surface area contributed by atoms with Crippen molar-refractivity contribution in [1.29, 1.82) is 0 Å². The summed E-state index contributed by atoms with van der Waals surface area (Å²) in [6.07, 6.45) is 2.28. The van der Waals surface area contributed by atoms with Gasteiger partial charge >= 0.3 is 5.97 Å². The average molecular weight is 430 g/mol.